The smallest absolute Gasteiger partial charge is 0.255 e. The van der Waals surface area contributed by atoms with E-state index in [9.17, 15) is 9.59 Å². The first-order valence-electron chi connectivity index (χ1n) is 11.7. The lowest BCUT2D eigenvalue weighted by atomic mass is 10.0. The van der Waals surface area contributed by atoms with Gasteiger partial charge in [0.25, 0.3) is 5.91 Å². The number of amides is 2. The highest BCUT2D eigenvalue weighted by Crippen LogP contribution is 2.22. The molecule has 1 aliphatic heterocycles. The number of piperazine rings is 1. The number of carbonyl (C=O) groups excluding carboxylic acids is 2. The van der Waals surface area contributed by atoms with E-state index >= 15 is 0 Å². The molecule has 1 aliphatic rings. The van der Waals surface area contributed by atoms with E-state index in [0.717, 1.165) is 61.5 Å². The molecule has 0 saturated carbocycles. The molecule has 3 aromatic rings. The number of anilines is 2. The molecule has 0 radical (unpaired) electrons. The third kappa shape index (κ3) is 5.80. The summed E-state index contributed by atoms with van der Waals surface area (Å²) in [5.41, 5.74) is 4.72. The molecule has 1 N–H and O–H groups in total. The van der Waals surface area contributed by atoms with Gasteiger partial charge in [-0.25, -0.2) is 0 Å². The van der Waals surface area contributed by atoms with Crippen LogP contribution in [0.4, 0.5) is 11.4 Å². The van der Waals surface area contributed by atoms with Gasteiger partial charge in [0.2, 0.25) is 5.91 Å². The summed E-state index contributed by atoms with van der Waals surface area (Å²) >= 11 is 0. The number of benzene rings is 3. The van der Waals surface area contributed by atoms with Crippen LogP contribution in [0.5, 0.6) is 0 Å². The predicted molar refractivity (Wildman–Crippen MR) is 135 cm³/mol. The maximum atomic E-state index is 12.7. The van der Waals surface area contributed by atoms with Crippen LogP contribution in [0.25, 0.3) is 11.1 Å². The van der Waals surface area contributed by atoms with Crippen molar-refractivity contribution in [2.45, 2.75) is 26.2 Å². The van der Waals surface area contributed by atoms with Crippen LogP contribution in [0, 0.1) is 0 Å². The lowest BCUT2D eigenvalue weighted by Crippen LogP contribution is -2.48. The van der Waals surface area contributed by atoms with Gasteiger partial charge in [0.1, 0.15) is 0 Å². The van der Waals surface area contributed by atoms with Crippen LogP contribution in [0.1, 0.15) is 36.5 Å². The molecule has 33 heavy (non-hydrogen) atoms. The van der Waals surface area contributed by atoms with Crippen molar-refractivity contribution in [3.8, 4) is 11.1 Å². The summed E-state index contributed by atoms with van der Waals surface area (Å²) in [5, 5.41) is 2.98. The normalized spacial score (nSPS) is 13.6. The quantitative estimate of drug-likeness (QED) is 0.531. The SMILES string of the molecule is CCCCC(=O)N1CCN(c2ccc(NC(=O)c3ccc(-c4ccccc4)cc3)cc2)CC1. The van der Waals surface area contributed by atoms with Gasteiger partial charge in [0.15, 0.2) is 0 Å². The number of unbranched alkanes of at least 4 members (excludes halogenated alkanes) is 1. The van der Waals surface area contributed by atoms with E-state index in [1.807, 2.05) is 71.6 Å². The molecule has 170 valence electrons. The highest BCUT2D eigenvalue weighted by molar-refractivity contribution is 6.04. The van der Waals surface area contributed by atoms with Crippen LogP contribution < -0.4 is 10.2 Å². The first-order valence-corrected chi connectivity index (χ1v) is 11.7. The van der Waals surface area contributed by atoms with Crippen molar-refractivity contribution in [2.75, 3.05) is 36.4 Å². The molecule has 0 unspecified atom stereocenters. The molecule has 0 aliphatic carbocycles. The van der Waals surface area contributed by atoms with Crippen LogP contribution in [-0.4, -0.2) is 42.9 Å². The minimum Gasteiger partial charge on any atom is -0.368 e. The fourth-order valence-corrected chi connectivity index (χ4v) is 4.10. The Kier molecular flexibility index (Phi) is 7.40. The molecular weight excluding hydrogens is 410 g/mol. The highest BCUT2D eigenvalue weighted by atomic mass is 16.2. The van der Waals surface area contributed by atoms with E-state index in [4.69, 9.17) is 0 Å². The fourth-order valence-electron chi connectivity index (χ4n) is 4.10. The Hall–Kier alpha value is -3.60. The number of nitrogens with one attached hydrogen (secondary N) is 1. The minimum atomic E-state index is -0.124. The van der Waals surface area contributed by atoms with Gasteiger partial charge in [-0.05, 0) is 53.9 Å². The second kappa shape index (κ2) is 10.8. The van der Waals surface area contributed by atoms with Crippen LogP contribution >= 0.6 is 0 Å². The Bertz CT molecular complexity index is 1050. The first-order chi connectivity index (χ1) is 16.1. The van der Waals surface area contributed by atoms with E-state index in [0.29, 0.717) is 12.0 Å². The zero-order valence-corrected chi connectivity index (χ0v) is 19.2. The summed E-state index contributed by atoms with van der Waals surface area (Å²) in [6.45, 7) is 5.30. The van der Waals surface area contributed by atoms with Crippen molar-refractivity contribution >= 4 is 23.2 Å². The van der Waals surface area contributed by atoms with Crippen LogP contribution in [0.3, 0.4) is 0 Å². The largest absolute Gasteiger partial charge is 0.368 e. The van der Waals surface area contributed by atoms with E-state index in [1.165, 1.54) is 0 Å². The Morgan fingerprint density at radius 2 is 1.42 bits per heavy atom. The monoisotopic (exact) mass is 441 g/mol. The molecule has 1 heterocycles. The topological polar surface area (TPSA) is 52.7 Å². The summed E-state index contributed by atoms with van der Waals surface area (Å²) in [5.74, 6) is 0.146. The van der Waals surface area contributed by atoms with Gasteiger partial charge < -0.3 is 15.1 Å². The molecule has 0 bridgehead atoms. The standard InChI is InChI=1S/C28H31N3O2/c1-2-3-9-27(32)31-20-18-30(19-21-31)26-16-14-25(15-17-26)29-28(33)24-12-10-23(11-13-24)22-7-5-4-6-8-22/h4-8,10-17H,2-3,9,18-21H2,1H3,(H,29,33). The molecule has 4 rings (SSSR count). The summed E-state index contributed by atoms with van der Waals surface area (Å²) in [7, 11) is 0. The van der Waals surface area contributed by atoms with Crippen LogP contribution in [-0.2, 0) is 4.79 Å². The number of hydrogen-bond donors (Lipinski definition) is 1. The van der Waals surface area contributed by atoms with Gasteiger partial charge in [-0.3, -0.25) is 9.59 Å². The molecule has 3 aromatic carbocycles. The van der Waals surface area contributed by atoms with Crippen LogP contribution in [0.15, 0.2) is 78.9 Å². The second-order valence-electron chi connectivity index (χ2n) is 8.42. The molecule has 5 heteroatoms. The van der Waals surface area contributed by atoms with Gasteiger partial charge in [-0.1, -0.05) is 55.8 Å². The number of rotatable bonds is 7. The van der Waals surface area contributed by atoms with Crippen molar-refractivity contribution in [2.24, 2.45) is 0 Å². The zero-order chi connectivity index (χ0) is 23.0. The lowest BCUT2D eigenvalue weighted by molar-refractivity contribution is -0.131. The fraction of sp³-hybridized carbons (Fsp3) is 0.286. The molecule has 1 saturated heterocycles. The van der Waals surface area contributed by atoms with E-state index in [-0.39, 0.29) is 11.8 Å². The Labute approximate surface area is 196 Å². The minimum absolute atomic E-state index is 0.124. The summed E-state index contributed by atoms with van der Waals surface area (Å²) in [6.07, 6.45) is 2.66. The number of hydrogen-bond acceptors (Lipinski definition) is 3. The summed E-state index contributed by atoms with van der Waals surface area (Å²) < 4.78 is 0. The second-order valence-corrected chi connectivity index (χ2v) is 8.42. The number of carbonyl (C=O) groups is 2. The molecular formula is C28H31N3O2. The molecule has 0 aromatic heterocycles. The number of nitrogens with zero attached hydrogens (tertiary/aromatic N) is 2. The van der Waals surface area contributed by atoms with Crippen molar-refractivity contribution in [3.05, 3.63) is 84.4 Å². The van der Waals surface area contributed by atoms with Crippen molar-refractivity contribution in [3.63, 3.8) is 0 Å². The van der Waals surface area contributed by atoms with Gasteiger partial charge in [-0.2, -0.15) is 0 Å². The summed E-state index contributed by atoms with van der Waals surface area (Å²) in [6, 6.07) is 25.7. The van der Waals surface area contributed by atoms with Crippen LogP contribution in [0.2, 0.25) is 0 Å². The van der Waals surface area contributed by atoms with Crippen molar-refractivity contribution < 1.29 is 9.59 Å². The third-order valence-electron chi connectivity index (χ3n) is 6.12. The Balaban J connectivity index is 1.31. The molecule has 0 atom stereocenters. The van der Waals surface area contributed by atoms with Crippen molar-refractivity contribution in [1.82, 2.24) is 4.90 Å². The van der Waals surface area contributed by atoms with Gasteiger partial charge in [0, 0.05) is 49.5 Å². The average molecular weight is 442 g/mol. The Morgan fingerprint density at radius 1 is 0.788 bits per heavy atom. The van der Waals surface area contributed by atoms with E-state index < -0.39 is 0 Å². The zero-order valence-electron chi connectivity index (χ0n) is 19.2. The third-order valence-corrected chi connectivity index (χ3v) is 6.12. The maximum Gasteiger partial charge on any atom is 0.255 e. The first kappa shape index (κ1) is 22.6. The predicted octanol–water partition coefficient (Wildman–Crippen LogP) is 5.44. The van der Waals surface area contributed by atoms with Gasteiger partial charge >= 0.3 is 0 Å². The molecule has 0 spiro atoms. The lowest BCUT2D eigenvalue weighted by Gasteiger charge is -2.36. The average Bonchev–Trinajstić information content (AvgIpc) is 2.88. The molecule has 2 amide bonds. The molecule has 1 fully saturated rings. The highest BCUT2D eigenvalue weighted by Gasteiger charge is 2.20. The van der Waals surface area contributed by atoms with Crippen molar-refractivity contribution in [1.29, 1.82) is 0 Å². The van der Waals surface area contributed by atoms with E-state index in [2.05, 4.69) is 29.3 Å². The van der Waals surface area contributed by atoms with E-state index in [1.54, 1.807) is 0 Å². The van der Waals surface area contributed by atoms with Gasteiger partial charge in [0.05, 0.1) is 0 Å². The summed E-state index contributed by atoms with van der Waals surface area (Å²) in [4.78, 5) is 29.2. The van der Waals surface area contributed by atoms with Gasteiger partial charge in [-0.15, -0.1) is 0 Å². The Morgan fingerprint density at radius 3 is 2.06 bits per heavy atom. The maximum absolute atomic E-state index is 12.7. The molecule has 5 nitrogen and oxygen atoms in total.